The molecule has 1 N–H and O–H groups in total. The van der Waals surface area contributed by atoms with Crippen molar-refractivity contribution in [2.24, 2.45) is 5.41 Å². The Balaban J connectivity index is 1.94. The molecule has 1 aliphatic rings. The Morgan fingerprint density at radius 2 is 1.90 bits per heavy atom. The van der Waals surface area contributed by atoms with Crippen LogP contribution in [0.3, 0.4) is 0 Å². The summed E-state index contributed by atoms with van der Waals surface area (Å²) in [6.07, 6.45) is 8.84. The highest BCUT2D eigenvalue weighted by atomic mass is 15.3. The largest absolute Gasteiger partial charge is 0.340 e. The molecular weight excluding hydrogens is 248 g/mol. The smallest absolute Gasteiger partial charge is 0.225 e. The van der Waals surface area contributed by atoms with Gasteiger partial charge in [0.2, 0.25) is 5.95 Å². The van der Waals surface area contributed by atoms with Gasteiger partial charge < -0.3 is 10.2 Å². The van der Waals surface area contributed by atoms with E-state index in [9.17, 15) is 0 Å². The topological polar surface area (TPSA) is 41.1 Å². The molecule has 0 aliphatic carbocycles. The Morgan fingerprint density at radius 3 is 2.45 bits per heavy atom. The Hall–Kier alpha value is -1.16. The van der Waals surface area contributed by atoms with Crippen molar-refractivity contribution < 1.29 is 0 Å². The van der Waals surface area contributed by atoms with E-state index in [1.165, 1.54) is 24.8 Å². The number of anilines is 1. The van der Waals surface area contributed by atoms with Crippen LogP contribution in [0.25, 0.3) is 0 Å². The van der Waals surface area contributed by atoms with E-state index >= 15 is 0 Å². The third-order valence-electron chi connectivity index (χ3n) is 4.67. The minimum Gasteiger partial charge on any atom is -0.340 e. The molecule has 0 aromatic carbocycles. The average molecular weight is 276 g/mol. The number of nitrogens with one attached hydrogen (secondary N) is 1. The van der Waals surface area contributed by atoms with E-state index in [0.29, 0.717) is 5.41 Å². The van der Waals surface area contributed by atoms with E-state index in [-0.39, 0.29) is 0 Å². The molecule has 1 fully saturated rings. The third kappa shape index (κ3) is 3.48. The predicted molar refractivity (Wildman–Crippen MR) is 83.9 cm³/mol. The molecule has 0 radical (unpaired) electrons. The monoisotopic (exact) mass is 276 g/mol. The van der Waals surface area contributed by atoms with E-state index in [2.05, 4.69) is 41.0 Å². The van der Waals surface area contributed by atoms with Crippen LogP contribution in [0.5, 0.6) is 0 Å². The molecule has 0 saturated carbocycles. The fourth-order valence-corrected chi connectivity index (χ4v) is 2.95. The van der Waals surface area contributed by atoms with Gasteiger partial charge >= 0.3 is 0 Å². The molecule has 1 saturated heterocycles. The van der Waals surface area contributed by atoms with Gasteiger partial charge in [-0.25, -0.2) is 9.97 Å². The van der Waals surface area contributed by atoms with Crippen molar-refractivity contribution in [3.8, 4) is 0 Å². The SMILES string of the molecule is CCCNCc1cnc(N2CCC(CC)(CC)C2)nc1. The minimum atomic E-state index is 0.477. The Morgan fingerprint density at radius 1 is 1.20 bits per heavy atom. The second-order valence-electron chi connectivity index (χ2n) is 5.95. The molecule has 0 bridgehead atoms. The molecule has 0 unspecified atom stereocenters. The standard InChI is InChI=1S/C16H28N4/c1-4-8-17-10-14-11-18-15(19-12-14)20-9-7-16(5-2,6-3)13-20/h11-12,17H,4-10,13H2,1-3H3. The zero-order valence-electron chi connectivity index (χ0n) is 13.2. The van der Waals surface area contributed by atoms with Crippen molar-refractivity contribution in [2.75, 3.05) is 24.5 Å². The normalized spacial score (nSPS) is 17.6. The molecule has 2 rings (SSSR count). The van der Waals surface area contributed by atoms with Gasteiger partial charge in [-0.15, -0.1) is 0 Å². The van der Waals surface area contributed by atoms with Gasteiger partial charge in [0.1, 0.15) is 0 Å². The highest BCUT2D eigenvalue weighted by Crippen LogP contribution is 2.37. The zero-order chi connectivity index (χ0) is 14.4. The van der Waals surface area contributed by atoms with Gasteiger partial charge in [0.05, 0.1) is 0 Å². The lowest BCUT2D eigenvalue weighted by Gasteiger charge is -2.26. The molecule has 2 heterocycles. The van der Waals surface area contributed by atoms with Crippen molar-refractivity contribution in [3.05, 3.63) is 18.0 Å². The van der Waals surface area contributed by atoms with E-state index in [0.717, 1.165) is 38.5 Å². The van der Waals surface area contributed by atoms with Crippen LogP contribution >= 0.6 is 0 Å². The third-order valence-corrected chi connectivity index (χ3v) is 4.67. The summed E-state index contributed by atoms with van der Waals surface area (Å²) < 4.78 is 0. The Bertz CT molecular complexity index is 397. The molecule has 4 nitrogen and oxygen atoms in total. The lowest BCUT2D eigenvalue weighted by Crippen LogP contribution is -2.27. The molecule has 4 heteroatoms. The molecular formula is C16H28N4. The van der Waals surface area contributed by atoms with Crippen molar-refractivity contribution in [1.29, 1.82) is 0 Å². The summed E-state index contributed by atoms with van der Waals surface area (Å²) in [4.78, 5) is 11.4. The first kappa shape index (κ1) is 15.2. The summed E-state index contributed by atoms with van der Waals surface area (Å²) in [6, 6.07) is 0. The number of hydrogen-bond acceptors (Lipinski definition) is 4. The molecule has 112 valence electrons. The van der Waals surface area contributed by atoms with Crippen molar-refractivity contribution in [2.45, 2.75) is 53.0 Å². The van der Waals surface area contributed by atoms with Crippen molar-refractivity contribution >= 4 is 5.95 Å². The van der Waals surface area contributed by atoms with Gasteiger partial charge in [-0.3, -0.25) is 0 Å². The van der Waals surface area contributed by atoms with Crippen molar-refractivity contribution in [1.82, 2.24) is 15.3 Å². The highest BCUT2D eigenvalue weighted by Gasteiger charge is 2.35. The quantitative estimate of drug-likeness (QED) is 0.777. The summed E-state index contributed by atoms with van der Waals surface area (Å²) in [5.74, 6) is 0.896. The zero-order valence-corrected chi connectivity index (χ0v) is 13.2. The highest BCUT2D eigenvalue weighted by molar-refractivity contribution is 5.32. The average Bonchev–Trinajstić information content (AvgIpc) is 2.93. The van der Waals surface area contributed by atoms with Crippen LogP contribution in [0.2, 0.25) is 0 Å². The van der Waals surface area contributed by atoms with E-state index in [4.69, 9.17) is 0 Å². The molecule has 1 aromatic rings. The molecule has 1 aromatic heterocycles. The summed E-state index contributed by atoms with van der Waals surface area (Å²) >= 11 is 0. The lowest BCUT2D eigenvalue weighted by molar-refractivity contribution is 0.301. The second kappa shape index (κ2) is 7.02. The maximum atomic E-state index is 4.55. The molecule has 0 spiro atoms. The maximum absolute atomic E-state index is 4.55. The molecule has 20 heavy (non-hydrogen) atoms. The summed E-state index contributed by atoms with van der Waals surface area (Å²) in [7, 11) is 0. The second-order valence-corrected chi connectivity index (χ2v) is 5.95. The fraction of sp³-hybridized carbons (Fsp3) is 0.750. The minimum absolute atomic E-state index is 0.477. The summed E-state index contributed by atoms with van der Waals surface area (Å²) in [5.41, 5.74) is 1.64. The van der Waals surface area contributed by atoms with E-state index in [1.54, 1.807) is 0 Å². The molecule has 1 aliphatic heterocycles. The van der Waals surface area contributed by atoms with Gasteiger partial charge in [-0.05, 0) is 37.6 Å². The fourth-order valence-electron chi connectivity index (χ4n) is 2.95. The Labute approximate surface area is 123 Å². The van der Waals surface area contributed by atoms with Crippen molar-refractivity contribution in [3.63, 3.8) is 0 Å². The Kier molecular flexibility index (Phi) is 5.35. The first-order valence-corrected chi connectivity index (χ1v) is 7.99. The van der Waals surface area contributed by atoms with Gasteiger partial charge in [0, 0.05) is 37.6 Å². The van der Waals surface area contributed by atoms with Crippen LogP contribution in [0.1, 0.15) is 52.0 Å². The van der Waals surface area contributed by atoms with E-state index in [1.807, 2.05) is 12.4 Å². The number of aromatic nitrogens is 2. The number of hydrogen-bond donors (Lipinski definition) is 1. The van der Waals surface area contributed by atoms with Gasteiger partial charge in [0.15, 0.2) is 0 Å². The van der Waals surface area contributed by atoms with Crippen LogP contribution in [0.4, 0.5) is 5.95 Å². The van der Waals surface area contributed by atoms with E-state index < -0.39 is 0 Å². The maximum Gasteiger partial charge on any atom is 0.225 e. The first-order chi connectivity index (χ1) is 9.73. The predicted octanol–water partition coefficient (Wildman–Crippen LogP) is 2.99. The van der Waals surface area contributed by atoms with Crippen LogP contribution < -0.4 is 10.2 Å². The van der Waals surface area contributed by atoms with Gasteiger partial charge in [-0.2, -0.15) is 0 Å². The number of nitrogens with zero attached hydrogens (tertiary/aromatic N) is 3. The summed E-state index contributed by atoms with van der Waals surface area (Å²) in [5, 5.41) is 3.38. The lowest BCUT2D eigenvalue weighted by atomic mass is 9.82. The molecule has 0 atom stereocenters. The van der Waals surface area contributed by atoms with Crippen LogP contribution in [0.15, 0.2) is 12.4 Å². The van der Waals surface area contributed by atoms with Crippen LogP contribution in [-0.2, 0) is 6.54 Å². The first-order valence-electron chi connectivity index (χ1n) is 7.99. The van der Waals surface area contributed by atoms with Crippen LogP contribution in [-0.4, -0.2) is 29.6 Å². The number of rotatable bonds is 7. The van der Waals surface area contributed by atoms with Gasteiger partial charge in [-0.1, -0.05) is 20.8 Å². The molecule has 0 amide bonds. The van der Waals surface area contributed by atoms with Crippen LogP contribution in [0, 0.1) is 5.41 Å². The van der Waals surface area contributed by atoms with Gasteiger partial charge in [0.25, 0.3) is 0 Å². The summed E-state index contributed by atoms with van der Waals surface area (Å²) in [6.45, 7) is 10.9.